The lowest BCUT2D eigenvalue weighted by Gasteiger charge is -2.51. The Kier molecular flexibility index (Phi) is 34.7. The second-order valence-corrected chi connectivity index (χ2v) is 29.6. The number of amides is 4. The number of carbonyl (C=O) groups is 5. The molecule has 9 aliphatic rings. The Labute approximate surface area is 666 Å². The molecule has 9 aliphatic heterocycles. The van der Waals surface area contributed by atoms with E-state index in [0.717, 1.165) is 27.7 Å². The van der Waals surface area contributed by atoms with Gasteiger partial charge in [0.2, 0.25) is 23.6 Å². The van der Waals surface area contributed by atoms with Gasteiger partial charge in [-0.25, -0.2) is 4.79 Å². The van der Waals surface area contributed by atoms with E-state index in [0.29, 0.717) is 0 Å². The molecular weight excluding hydrogens is 1620 g/mol. The topological polar surface area (TPSA) is 837 Å². The number of hydrogen-bond donors (Lipinski definition) is 31. The second-order valence-electron chi connectivity index (χ2n) is 29.6. The maximum absolute atomic E-state index is 13.5. The van der Waals surface area contributed by atoms with Gasteiger partial charge in [-0.3, -0.25) is 19.2 Å². The van der Waals surface area contributed by atoms with E-state index >= 15 is 0 Å². The van der Waals surface area contributed by atoms with Crippen LogP contribution in [0.15, 0.2) is 0 Å². The Balaban J connectivity index is 1.01. The van der Waals surface area contributed by atoms with Crippen molar-refractivity contribution in [3.05, 3.63) is 0 Å². The van der Waals surface area contributed by atoms with Crippen LogP contribution < -0.4 is 21.3 Å². The van der Waals surface area contributed by atoms with Gasteiger partial charge >= 0.3 is 5.97 Å². The van der Waals surface area contributed by atoms with Crippen LogP contribution in [0.4, 0.5) is 0 Å². The van der Waals surface area contributed by atoms with Crippen LogP contribution >= 0.6 is 0 Å². The van der Waals surface area contributed by atoms with Crippen molar-refractivity contribution in [3.8, 4) is 0 Å². The van der Waals surface area contributed by atoms with Crippen LogP contribution in [-0.2, 0) is 104 Å². The van der Waals surface area contributed by atoms with Crippen LogP contribution in [-0.4, -0.2) is 509 Å². The smallest absolute Gasteiger partial charge is 0.364 e. The summed E-state index contributed by atoms with van der Waals surface area (Å²) in [5.41, 5.74) is 0. The number of aliphatic hydroxyl groups is 26. The molecular formula is C65H108N4O49. The second kappa shape index (κ2) is 42.1. The Hall–Kier alpha value is -4.37. The Morgan fingerprint density at radius 2 is 0.636 bits per heavy atom. The summed E-state index contributed by atoms with van der Waals surface area (Å²) < 4.78 is 99.1. The molecule has 0 aromatic carbocycles. The van der Waals surface area contributed by atoms with Gasteiger partial charge in [0.25, 0.3) is 5.79 Å². The normalized spacial score (nSPS) is 47.6. The van der Waals surface area contributed by atoms with Crippen LogP contribution in [0.25, 0.3) is 0 Å². The first kappa shape index (κ1) is 97.4. The quantitative estimate of drug-likeness (QED) is 0.0297. The first-order valence-corrected chi connectivity index (χ1v) is 37.3. The fraction of sp³-hybridized carbons (Fsp3) is 0.923. The predicted molar refractivity (Wildman–Crippen MR) is 361 cm³/mol. The first-order valence-electron chi connectivity index (χ1n) is 37.3. The minimum atomic E-state index is -3.26. The highest BCUT2D eigenvalue weighted by Gasteiger charge is 2.63. The molecule has 0 saturated carbocycles. The third kappa shape index (κ3) is 21.2. The summed E-state index contributed by atoms with van der Waals surface area (Å²) in [7, 11) is 0. The van der Waals surface area contributed by atoms with Crippen LogP contribution in [0.5, 0.6) is 0 Å². The number of hydrogen-bond acceptors (Lipinski definition) is 48. The van der Waals surface area contributed by atoms with Crippen molar-refractivity contribution < 1.29 is 242 Å². The number of carboxylic acids is 1. The van der Waals surface area contributed by atoms with Crippen molar-refractivity contribution in [2.75, 3.05) is 59.5 Å². The van der Waals surface area contributed by atoms with Gasteiger partial charge < -0.3 is 240 Å². The summed E-state index contributed by atoms with van der Waals surface area (Å²) in [6, 6.07) is -7.81. The molecule has 118 heavy (non-hydrogen) atoms. The van der Waals surface area contributed by atoms with E-state index in [9.17, 15) is 162 Å². The molecule has 53 nitrogen and oxygen atoms in total. The lowest BCUT2D eigenvalue weighted by Crippen LogP contribution is -2.71. The van der Waals surface area contributed by atoms with Crippen LogP contribution in [0.3, 0.4) is 0 Å². The van der Waals surface area contributed by atoms with Crippen molar-refractivity contribution in [2.24, 2.45) is 0 Å². The Morgan fingerprint density at radius 1 is 0.339 bits per heavy atom. The third-order valence-corrected chi connectivity index (χ3v) is 21.3. The minimum absolute atomic E-state index is 0.868. The number of ether oxygens (including phenoxy) is 17. The summed E-state index contributed by atoms with van der Waals surface area (Å²) in [6.45, 7) is -6.82. The van der Waals surface area contributed by atoms with Gasteiger partial charge in [-0.2, -0.15) is 0 Å². The molecule has 682 valence electrons. The van der Waals surface area contributed by atoms with Crippen molar-refractivity contribution >= 4 is 29.6 Å². The number of carboxylic acid groups (broad SMARTS) is 1. The molecule has 0 bridgehead atoms. The molecule has 0 radical (unpaired) electrons. The first-order chi connectivity index (χ1) is 55.7. The molecule has 9 heterocycles. The highest BCUT2D eigenvalue weighted by molar-refractivity contribution is 5.77. The number of aliphatic hydroxyl groups excluding tert-OH is 26. The van der Waals surface area contributed by atoms with Crippen molar-refractivity contribution in [1.82, 2.24) is 21.3 Å². The number of rotatable bonds is 32. The zero-order valence-electron chi connectivity index (χ0n) is 63.1. The zero-order valence-corrected chi connectivity index (χ0v) is 63.1. The molecule has 53 heteroatoms. The lowest BCUT2D eigenvalue weighted by atomic mass is 9.88. The summed E-state index contributed by atoms with van der Waals surface area (Å²) in [4.78, 5) is 64.9. The van der Waals surface area contributed by atoms with Crippen LogP contribution in [0, 0.1) is 0 Å². The molecule has 46 atom stereocenters. The molecule has 0 aromatic rings. The van der Waals surface area contributed by atoms with Gasteiger partial charge in [-0.05, 0) is 0 Å². The summed E-state index contributed by atoms with van der Waals surface area (Å²) in [5.74, 6) is -9.29. The van der Waals surface area contributed by atoms with Gasteiger partial charge in [0, 0.05) is 34.1 Å². The van der Waals surface area contributed by atoms with Gasteiger partial charge in [0.1, 0.15) is 213 Å². The monoisotopic (exact) mass is 1730 g/mol. The maximum Gasteiger partial charge on any atom is 0.364 e. The highest BCUT2D eigenvalue weighted by Crippen LogP contribution is 2.41. The lowest BCUT2D eigenvalue weighted by molar-refractivity contribution is -0.392. The molecule has 0 aromatic heterocycles. The van der Waals surface area contributed by atoms with E-state index in [1.807, 2.05) is 0 Å². The molecule has 9 fully saturated rings. The van der Waals surface area contributed by atoms with Gasteiger partial charge in [-0.15, -0.1) is 0 Å². The van der Waals surface area contributed by atoms with E-state index < -0.39 is 377 Å². The summed E-state index contributed by atoms with van der Waals surface area (Å²) >= 11 is 0. The van der Waals surface area contributed by atoms with Gasteiger partial charge in [0.15, 0.2) is 50.3 Å². The Morgan fingerprint density at radius 3 is 0.975 bits per heavy atom. The van der Waals surface area contributed by atoms with Crippen molar-refractivity contribution in [1.29, 1.82) is 0 Å². The number of nitrogens with one attached hydrogen (secondary N) is 4. The molecule has 9 saturated heterocycles. The van der Waals surface area contributed by atoms with E-state index in [-0.39, 0.29) is 0 Å². The third-order valence-electron chi connectivity index (χ3n) is 21.3. The average Bonchev–Trinajstić information content (AvgIpc) is 0.766. The minimum Gasteiger partial charge on any atom is -0.477 e. The fourth-order valence-electron chi connectivity index (χ4n) is 15.2. The highest BCUT2D eigenvalue weighted by atomic mass is 16.8. The van der Waals surface area contributed by atoms with Crippen molar-refractivity contribution in [2.45, 2.75) is 316 Å². The largest absolute Gasteiger partial charge is 0.477 e. The van der Waals surface area contributed by atoms with E-state index in [2.05, 4.69) is 21.3 Å². The molecule has 0 unspecified atom stereocenters. The SMILES string of the molecule is CC(=O)N[C@H]1[C@H](O[C@H]2[C@@H](O)[C@@H](CO)O[C@@H](O[C@H]3[C@H](O)[C@@H](NC(C)=O)[C@H](O[C@H]4[C@@H](O)[C@@H](CO[C@]5(C(=O)O)C[C@H](O)[C@@H](NC(C)=O)[C@H]([C@H](O)[C@H](O)CO)O5)O[C@@H](O[C@H]5[C@H](O)[C@@H](NC(C)=O)[C@H](O[C@H]6[C@@H](O)[C@@H](CO)O[C@@H](O[C@H]7[C@H](O)[C@@H](O)[C@H](O)O[C@@H]7CO)[C@@H]6O)O[C@@H]5CO)[C@@H]4O)O[C@@H]3CO)[C@@H]2O)O[C@H](CO)[C@@H](O[C@@H]2O[C@H](CO)[C@H](O)[C@H](O)[C@H]2O)[C@@H]1O. The molecule has 4 amide bonds. The standard InChI is InChI=1S/C65H108N4O49/c1-15(78)66-29-19(82)5-65(64(100)101,118-52(29)33(84)20(83)6-70)102-14-28-37(88)55(47(98)63(110-28)113-50-27(13-77)108-58(31(40(50)91)68-17(3)80)116-54-36(87)23(9-73)106-62(46(54)97)114-51-24(10-74)103-56(99)43(94)42(51)93)117-59-32(69-18(4)81)39(90)49(26(12-76)109-59)112-61-45(96)53(35(86)22(8-72)105-61)115-57-30(67-16(2)79)38(89)48(25(11-75)107-57)111-60-44(95)41(92)34(85)21(7-71)104-60/h19-63,70-77,82-99H,5-14H2,1-4H3,(H,66,78)(H,67,79)(H,68,80)(H,69,81)(H,100,101)/t19-,20+,21+,22+,23+,24+,25+,26+,27+,28+,29+,30+,31+,32+,33+,34-,35-,36-,37-,38+,39+,40+,41-,42+,43+,44+,45+,46+,47+,48+,49+,50+,51+,52+,53-,54-,55-,56+,57-,58-,59-,60-,61-,62-,63-,65+/m0/s1. The molecule has 0 spiro atoms. The van der Waals surface area contributed by atoms with Crippen molar-refractivity contribution in [3.63, 3.8) is 0 Å². The number of aliphatic carboxylic acids is 1. The zero-order chi connectivity index (χ0) is 87.3. The average molecular weight is 1730 g/mol. The molecule has 31 N–H and O–H groups in total. The molecule has 9 rings (SSSR count). The Bertz CT molecular complexity index is 3210. The van der Waals surface area contributed by atoms with Gasteiger partial charge in [0.05, 0.1) is 71.6 Å². The van der Waals surface area contributed by atoms with E-state index in [1.54, 1.807) is 0 Å². The fourth-order valence-corrected chi connectivity index (χ4v) is 15.2. The van der Waals surface area contributed by atoms with Gasteiger partial charge in [-0.1, -0.05) is 0 Å². The summed E-state index contributed by atoms with van der Waals surface area (Å²) in [5, 5.41) is 308. The molecule has 0 aliphatic carbocycles. The predicted octanol–water partition coefficient (Wildman–Crippen LogP) is -20.8. The van der Waals surface area contributed by atoms with Crippen LogP contribution in [0.2, 0.25) is 0 Å². The summed E-state index contributed by atoms with van der Waals surface area (Å²) in [6.07, 6.45) is -88.6. The van der Waals surface area contributed by atoms with E-state index in [4.69, 9.17) is 80.5 Å². The van der Waals surface area contributed by atoms with Crippen LogP contribution in [0.1, 0.15) is 34.1 Å². The van der Waals surface area contributed by atoms with E-state index in [1.165, 1.54) is 0 Å². The number of carbonyl (C=O) groups excluding carboxylic acids is 4. The maximum atomic E-state index is 13.5.